The molecule has 4 aromatic rings. The lowest BCUT2D eigenvalue weighted by molar-refractivity contribution is 0.302. The summed E-state index contributed by atoms with van der Waals surface area (Å²) in [7, 11) is 1.68. The van der Waals surface area contributed by atoms with Gasteiger partial charge in [0, 0.05) is 6.54 Å². The van der Waals surface area contributed by atoms with Gasteiger partial charge in [-0.25, -0.2) is 4.98 Å². The maximum atomic E-state index is 6.01. The van der Waals surface area contributed by atoms with Crippen molar-refractivity contribution in [1.82, 2.24) is 9.55 Å². The molecule has 33 heavy (non-hydrogen) atoms. The Morgan fingerprint density at radius 3 is 2.24 bits per heavy atom. The molecule has 3 aromatic carbocycles. The van der Waals surface area contributed by atoms with Gasteiger partial charge < -0.3 is 14.0 Å². The topological polar surface area (TPSA) is 36.3 Å². The molecular formula is C29H32N2O2. The number of rotatable bonds is 8. The Labute approximate surface area is 196 Å². The zero-order valence-electron chi connectivity index (χ0n) is 19.9. The highest BCUT2D eigenvalue weighted by atomic mass is 16.5. The minimum absolute atomic E-state index is 0.150. The first-order valence-corrected chi connectivity index (χ1v) is 11.4. The van der Waals surface area contributed by atoms with Crippen molar-refractivity contribution in [1.29, 1.82) is 0 Å². The Kier molecular flexibility index (Phi) is 6.83. The lowest BCUT2D eigenvalue weighted by atomic mass is 9.87. The quantitative estimate of drug-likeness (QED) is 0.277. The van der Waals surface area contributed by atoms with Gasteiger partial charge in [-0.2, -0.15) is 0 Å². The molecule has 0 saturated heterocycles. The number of para-hydroxylation sites is 2. The number of hydrogen-bond donors (Lipinski definition) is 0. The summed E-state index contributed by atoms with van der Waals surface area (Å²) in [6, 6.07) is 24.7. The van der Waals surface area contributed by atoms with Crippen molar-refractivity contribution >= 4 is 23.2 Å². The molecule has 0 saturated carbocycles. The van der Waals surface area contributed by atoms with E-state index in [9.17, 15) is 0 Å². The summed E-state index contributed by atoms with van der Waals surface area (Å²) >= 11 is 0. The van der Waals surface area contributed by atoms with E-state index < -0.39 is 0 Å². The molecule has 1 heterocycles. The third-order valence-electron chi connectivity index (χ3n) is 5.74. The van der Waals surface area contributed by atoms with E-state index in [4.69, 9.17) is 14.5 Å². The third kappa shape index (κ3) is 5.64. The highest BCUT2D eigenvalue weighted by Crippen LogP contribution is 2.24. The van der Waals surface area contributed by atoms with E-state index in [-0.39, 0.29) is 5.41 Å². The third-order valence-corrected chi connectivity index (χ3v) is 5.74. The average molecular weight is 441 g/mol. The highest BCUT2D eigenvalue weighted by Gasteiger charge is 2.13. The summed E-state index contributed by atoms with van der Waals surface area (Å²) < 4.78 is 13.5. The standard InChI is InChI=1S/C29H32N2O2/c1-29(2,3)23-13-17-25(18-14-23)33-21-7-20-31-27-9-6-5-8-26(27)30-28(31)19-12-22-10-15-24(32-4)16-11-22/h5-6,8-19H,7,20-21H2,1-4H3/b19-12+. The van der Waals surface area contributed by atoms with Crippen LogP contribution >= 0.6 is 0 Å². The van der Waals surface area contributed by atoms with Crippen molar-refractivity contribution in [3.63, 3.8) is 0 Å². The van der Waals surface area contributed by atoms with Crippen molar-refractivity contribution < 1.29 is 9.47 Å². The lowest BCUT2D eigenvalue weighted by Gasteiger charge is -2.19. The predicted octanol–water partition coefficient (Wildman–Crippen LogP) is 6.98. The molecule has 0 aliphatic heterocycles. The van der Waals surface area contributed by atoms with E-state index in [1.165, 1.54) is 5.56 Å². The molecule has 0 radical (unpaired) electrons. The van der Waals surface area contributed by atoms with Crippen LogP contribution in [0.5, 0.6) is 11.5 Å². The summed E-state index contributed by atoms with van der Waals surface area (Å²) in [5.41, 5.74) is 4.72. The van der Waals surface area contributed by atoms with Gasteiger partial charge in [-0.05, 0) is 65.4 Å². The zero-order chi connectivity index (χ0) is 23.3. The molecule has 0 unspecified atom stereocenters. The van der Waals surface area contributed by atoms with Crippen molar-refractivity contribution in [2.24, 2.45) is 0 Å². The molecule has 0 N–H and O–H groups in total. The number of benzene rings is 3. The van der Waals surface area contributed by atoms with E-state index in [2.05, 4.69) is 80.0 Å². The highest BCUT2D eigenvalue weighted by molar-refractivity contribution is 5.79. The molecule has 0 aliphatic carbocycles. The largest absolute Gasteiger partial charge is 0.497 e. The van der Waals surface area contributed by atoms with Gasteiger partial charge in [0.05, 0.1) is 24.8 Å². The average Bonchev–Trinajstić information content (AvgIpc) is 3.18. The van der Waals surface area contributed by atoms with Gasteiger partial charge in [0.2, 0.25) is 0 Å². The molecule has 4 nitrogen and oxygen atoms in total. The van der Waals surface area contributed by atoms with Gasteiger partial charge in [0.25, 0.3) is 0 Å². The smallest absolute Gasteiger partial charge is 0.133 e. The number of ether oxygens (including phenoxy) is 2. The summed E-state index contributed by atoms with van der Waals surface area (Å²) in [6.45, 7) is 8.16. The maximum absolute atomic E-state index is 6.01. The molecule has 0 bridgehead atoms. The van der Waals surface area contributed by atoms with Crippen molar-refractivity contribution in [2.45, 2.75) is 39.2 Å². The van der Waals surface area contributed by atoms with Gasteiger partial charge in [-0.1, -0.05) is 63.2 Å². The lowest BCUT2D eigenvalue weighted by Crippen LogP contribution is -2.10. The van der Waals surface area contributed by atoms with Crippen molar-refractivity contribution in [2.75, 3.05) is 13.7 Å². The summed E-state index contributed by atoms with van der Waals surface area (Å²) in [5, 5.41) is 0. The molecule has 0 spiro atoms. The van der Waals surface area contributed by atoms with E-state index in [1.54, 1.807) is 7.11 Å². The van der Waals surface area contributed by atoms with Gasteiger partial charge >= 0.3 is 0 Å². The van der Waals surface area contributed by atoms with Gasteiger partial charge in [-0.15, -0.1) is 0 Å². The van der Waals surface area contributed by atoms with Crippen LogP contribution in [-0.2, 0) is 12.0 Å². The van der Waals surface area contributed by atoms with E-state index in [0.29, 0.717) is 6.61 Å². The SMILES string of the molecule is COc1ccc(/C=C/c2nc3ccccc3n2CCCOc2ccc(C(C)(C)C)cc2)cc1. The molecule has 1 aromatic heterocycles. The Morgan fingerprint density at radius 2 is 1.55 bits per heavy atom. The first-order valence-electron chi connectivity index (χ1n) is 11.4. The Hall–Kier alpha value is -3.53. The molecule has 170 valence electrons. The van der Waals surface area contributed by atoms with Gasteiger partial charge in [-0.3, -0.25) is 0 Å². The molecule has 0 aliphatic rings. The minimum Gasteiger partial charge on any atom is -0.497 e. The van der Waals surface area contributed by atoms with Crippen LogP contribution in [0.4, 0.5) is 0 Å². The Balaban J connectivity index is 1.43. The van der Waals surface area contributed by atoms with Crippen LogP contribution in [0.3, 0.4) is 0 Å². The fraction of sp³-hybridized carbons (Fsp3) is 0.276. The molecular weight excluding hydrogens is 408 g/mol. The number of fused-ring (bicyclic) bond motifs is 1. The minimum atomic E-state index is 0.150. The van der Waals surface area contributed by atoms with Crippen molar-refractivity contribution in [3.8, 4) is 11.5 Å². The molecule has 4 rings (SSSR count). The number of methoxy groups -OCH3 is 1. The number of nitrogens with zero attached hydrogens (tertiary/aromatic N) is 2. The number of aromatic nitrogens is 2. The molecule has 0 fully saturated rings. The molecule has 0 atom stereocenters. The maximum Gasteiger partial charge on any atom is 0.133 e. The van der Waals surface area contributed by atoms with E-state index in [1.807, 2.05) is 30.3 Å². The van der Waals surface area contributed by atoms with E-state index >= 15 is 0 Å². The van der Waals surface area contributed by atoms with Gasteiger partial charge in [0.1, 0.15) is 17.3 Å². The normalized spacial score (nSPS) is 11.9. The Morgan fingerprint density at radius 1 is 0.848 bits per heavy atom. The van der Waals surface area contributed by atoms with E-state index in [0.717, 1.165) is 46.9 Å². The predicted molar refractivity (Wildman–Crippen MR) is 137 cm³/mol. The number of aryl methyl sites for hydroxylation is 1. The zero-order valence-corrected chi connectivity index (χ0v) is 19.9. The monoisotopic (exact) mass is 440 g/mol. The van der Waals surface area contributed by atoms with Crippen LogP contribution in [0.25, 0.3) is 23.2 Å². The van der Waals surface area contributed by atoms with Gasteiger partial charge in [0.15, 0.2) is 0 Å². The Bertz CT molecular complexity index is 1210. The summed E-state index contributed by atoms with van der Waals surface area (Å²) in [6.07, 6.45) is 5.06. The van der Waals surface area contributed by atoms with Crippen LogP contribution in [0.15, 0.2) is 72.8 Å². The molecule has 4 heteroatoms. The number of imidazole rings is 1. The van der Waals surface area contributed by atoms with Crippen LogP contribution in [0.2, 0.25) is 0 Å². The first-order chi connectivity index (χ1) is 15.9. The molecule has 0 amide bonds. The fourth-order valence-electron chi connectivity index (χ4n) is 3.81. The number of hydrogen-bond acceptors (Lipinski definition) is 3. The van der Waals surface area contributed by atoms with Crippen LogP contribution in [0, 0.1) is 0 Å². The van der Waals surface area contributed by atoms with Crippen LogP contribution < -0.4 is 9.47 Å². The van der Waals surface area contributed by atoms with Crippen molar-refractivity contribution in [3.05, 3.63) is 89.7 Å². The van der Waals surface area contributed by atoms with Crippen LogP contribution in [-0.4, -0.2) is 23.3 Å². The summed E-state index contributed by atoms with van der Waals surface area (Å²) in [4.78, 5) is 4.84. The fourth-order valence-corrected chi connectivity index (χ4v) is 3.81. The first kappa shape index (κ1) is 22.7. The van der Waals surface area contributed by atoms with Crippen LogP contribution in [0.1, 0.15) is 44.1 Å². The summed E-state index contributed by atoms with van der Waals surface area (Å²) in [5.74, 6) is 2.71. The second-order valence-electron chi connectivity index (χ2n) is 9.19. The second kappa shape index (κ2) is 9.95. The second-order valence-corrected chi connectivity index (χ2v) is 9.19.